The number of rotatable bonds is 17. The summed E-state index contributed by atoms with van der Waals surface area (Å²) in [5, 5.41) is 34.1. The minimum atomic E-state index is -1.30. The molecule has 2 aliphatic rings. The van der Waals surface area contributed by atoms with Crippen LogP contribution in [0.5, 0.6) is 5.75 Å². The third kappa shape index (κ3) is 8.51. The first-order valence-electron chi connectivity index (χ1n) is 15.4. The van der Waals surface area contributed by atoms with Crippen LogP contribution in [-0.4, -0.2) is 40.1 Å². The molecule has 49 heavy (non-hydrogen) atoms. The lowest BCUT2D eigenvalue weighted by Crippen LogP contribution is -2.12. The van der Waals surface area contributed by atoms with Crippen LogP contribution in [0.15, 0.2) is 66.7 Å². The lowest BCUT2D eigenvalue weighted by atomic mass is 9.90. The summed E-state index contributed by atoms with van der Waals surface area (Å²) in [5.74, 6) is -1.92. The molecule has 13 nitrogen and oxygen atoms in total. The predicted octanol–water partition coefficient (Wildman–Crippen LogP) is 9.22. The van der Waals surface area contributed by atoms with Gasteiger partial charge in [-0.05, 0) is 63.3 Å². The Bertz CT molecular complexity index is 1970. The van der Waals surface area contributed by atoms with Crippen molar-refractivity contribution in [2.24, 2.45) is 0 Å². The molecule has 2 aromatic carbocycles. The Balaban J connectivity index is 1.60. The van der Waals surface area contributed by atoms with E-state index in [0.717, 1.165) is 51.0 Å². The Morgan fingerprint density at radius 3 is 2.06 bits per heavy atom. The van der Waals surface area contributed by atoms with Crippen LogP contribution in [0.2, 0.25) is 0 Å². The van der Waals surface area contributed by atoms with Crippen molar-refractivity contribution in [3.63, 3.8) is 0 Å². The van der Waals surface area contributed by atoms with E-state index in [-0.39, 0.29) is 66.3 Å². The smallest absolute Gasteiger partial charge is 0.336 e. The van der Waals surface area contributed by atoms with E-state index in [9.17, 15) is 39.7 Å². The van der Waals surface area contributed by atoms with Crippen LogP contribution in [0.3, 0.4) is 0 Å². The van der Waals surface area contributed by atoms with Crippen LogP contribution < -0.4 is 10.2 Å². The van der Waals surface area contributed by atoms with Gasteiger partial charge in [0.1, 0.15) is 8.95 Å². The molecule has 0 bridgehead atoms. The van der Waals surface area contributed by atoms with E-state index < -0.39 is 32.6 Å². The number of carbonyl (C=O) groups excluding carboxylic acids is 1. The molecule has 0 unspecified atom stereocenters. The van der Waals surface area contributed by atoms with E-state index in [1.807, 2.05) is 0 Å². The maximum Gasteiger partial charge on any atom is 0.336 e. The van der Waals surface area contributed by atoms with Gasteiger partial charge in [-0.3, -0.25) is 25.0 Å². The monoisotopic (exact) mass is 802 g/mol. The molecule has 1 N–H and O–H groups in total. The fourth-order valence-corrected chi connectivity index (χ4v) is 6.44. The van der Waals surface area contributed by atoms with Crippen molar-refractivity contribution in [3.8, 4) is 28.2 Å². The number of benzene rings is 3. The number of aromatic carboxylic acids is 1. The highest BCUT2D eigenvalue weighted by molar-refractivity contribution is 9.11. The lowest BCUT2D eigenvalue weighted by molar-refractivity contribution is -0.386. The first-order valence-corrected chi connectivity index (χ1v) is 17.0. The summed E-state index contributed by atoms with van der Waals surface area (Å²) in [7, 11) is 0. The minimum absolute atomic E-state index is 0.000420. The molecule has 0 saturated carbocycles. The first kappa shape index (κ1) is 37.2. The van der Waals surface area contributed by atoms with Crippen molar-refractivity contribution < 1.29 is 38.4 Å². The van der Waals surface area contributed by atoms with E-state index >= 15 is 0 Å². The van der Waals surface area contributed by atoms with Gasteiger partial charge < -0.3 is 19.0 Å². The molecule has 1 heterocycles. The number of esters is 1. The summed E-state index contributed by atoms with van der Waals surface area (Å²) < 4.78 is 16.9. The third-order valence-electron chi connectivity index (χ3n) is 7.74. The maximum absolute atomic E-state index is 12.9. The van der Waals surface area contributed by atoms with Crippen molar-refractivity contribution in [2.75, 3.05) is 13.2 Å². The highest BCUT2D eigenvalue weighted by atomic mass is 79.9. The first-order chi connectivity index (χ1) is 23.3. The van der Waals surface area contributed by atoms with E-state index in [1.165, 1.54) is 24.3 Å². The molecule has 0 radical (unpaired) electrons. The topological polar surface area (TPSA) is 189 Å². The second-order valence-electron chi connectivity index (χ2n) is 11.3. The van der Waals surface area contributed by atoms with E-state index in [2.05, 4.69) is 38.4 Å². The number of hydrogen-bond donors (Lipinski definition) is 1. The Morgan fingerprint density at radius 2 is 1.47 bits per heavy atom. The van der Waals surface area contributed by atoms with Crippen molar-refractivity contribution in [3.05, 3.63) is 93.5 Å². The van der Waals surface area contributed by atoms with Gasteiger partial charge in [0.2, 0.25) is 5.75 Å². The predicted molar refractivity (Wildman–Crippen MR) is 188 cm³/mol. The Kier molecular flexibility index (Phi) is 12.6. The lowest BCUT2D eigenvalue weighted by Gasteiger charge is -2.19. The van der Waals surface area contributed by atoms with Gasteiger partial charge in [0.15, 0.2) is 11.3 Å². The van der Waals surface area contributed by atoms with Crippen molar-refractivity contribution in [2.45, 2.75) is 58.3 Å². The summed E-state index contributed by atoms with van der Waals surface area (Å²) in [5.41, 5.74) is -1.80. The fourth-order valence-electron chi connectivity index (χ4n) is 5.33. The second-order valence-corrected chi connectivity index (χ2v) is 12.9. The molecule has 2 aromatic rings. The van der Waals surface area contributed by atoms with Gasteiger partial charge in [0.05, 0.1) is 28.6 Å². The number of carbonyl (C=O) groups is 2. The summed E-state index contributed by atoms with van der Waals surface area (Å²) in [4.78, 5) is 59.1. The van der Waals surface area contributed by atoms with Crippen LogP contribution >= 0.6 is 31.9 Å². The maximum atomic E-state index is 12.9. The van der Waals surface area contributed by atoms with Crippen LogP contribution in [0.1, 0.15) is 68.6 Å². The number of nitrogens with zero attached hydrogens (tertiary/aromatic N) is 2. The molecular weight excluding hydrogens is 772 g/mol. The van der Waals surface area contributed by atoms with Gasteiger partial charge in [-0.1, -0.05) is 63.3 Å². The zero-order chi connectivity index (χ0) is 35.8. The number of fused-ring (bicyclic) bond motifs is 2. The molecule has 1 aliphatic carbocycles. The highest BCUT2D eigenvalue weighted by Crippen LogP contribution is 2.50. The third-order valence-corrected chi connectivity index (χ3v) is 9.18. The second kappa shape index (κ2) is 16.7. The largest absolute Gasteiger partial charge is 0.486 e. The van der Waals surface area contributed by atoms with Gasteiger partial charge in [0.25, 0.3) is 5.43 Å². The number of hydrogen-bond acceptors (Lipinski definition) is 10. The summed E-state index contributed by atoms with van der Waals surface area (Å²) in [6.45, 7) is 5.69. The average Bonchev–Trinajstić information content (AvgIpc) is 3.06. The Labute approximate surface area is 296 Å². The van der Waals surface area contributed by atoms with Crippen LogP contribution in [0.4, 0.5) is 11.4 Å². The molecule has 0 atom stereocenters. The summed E-state index contributed by atoms with van der Waals surface area (Å²) >= 11 is 6.51. The van der Waals surface area contributed by atoms with Gasteiger partial charge in [-0.2, -0.15) is 0 Å². The molecule has 1 aliphatic heterocycles. The summed E-state index contributed by atoms with van der Waals surface area (Å²) in [6, 6.07) is 8.00. The zero-order valence-corrected chi connectivity index (χ0v) is 29.6. The molecular formula is C34H32Br2N2O11. The molecule has 0 aromatic heterocycles. The van der Waals surface area contributed by atoms with Crippen LogP contribution in [0.25, 0.3) is 33.4 Å². The number of halogens is 2. The quantitative estimate of drug-likeness (QED) is 0.0267. The molecule has 0 fully saturated rings. The average molecular weight is 804 g/mol. The SMILES string of the molecule is C=C(C)C(=O)OCCCCCCCCCCOc1c([N+](=O)[O-])cc2c(-c3ccccc3C(=O)O)c3cc([N+](=O)[O-])c(=O)c(Br)c-3oc2c1Br. The molecule has 0 saturated heterocycles. The molecule has 258 valence electrons. The van der Waals surface area contributed by atoms with Crippen LogP contribution in [0, 0.1) is 20.2 Å². The van der Waals surface area contributed by atoms with Crippen molar-refractivity contribution in [1.82, 2.24) is 0 Å². The normalized spacial score (nSPS) is 11.1. The van der Waals surface area contributed by atoms with E-state index in [1.54, 1.807) is 13.0 Å². The molecule has 15 heteroatoms. The summed E-state index contributed by atoms with van der Waals surface area (Å²) in [6.07, 6.45) is 7.11. The van der Waals surface area contributed by atoms with Gasteiger partial charge >= 0.3 is 23.3 Å². The Morgan fingerprint density at radius 1 is 0.878 bits per heavy atom. The Hall–Kier alpha value is -4.63. The minimum Gasteiger partial charge on any atom is -0.486 e. The number of ether oxygens (including phenoxy) is 2. The van der Waals surface area contributed by atoms with Crippen molar-refractivity contribution >= 4 is 66.1 Å². The highest BCUT2D eigenvalue weighted by Gasteiger charge is 2.32. The van der Waals surface area contributed by atoms with Gasteiger partial charge in [-0.25, -0.2) is 9.59 Å². The number of carboxylic acids is 1. The number of carboxylic acid groups (broad SMARTS) is 1. The van der Waals surface area contributed by atoms with Crippen LogP contribution in [-0.2, 0) is 9.53 Å². The molecule has 0 amide bonds. The number of nitro benzene ring substituents is 2. The molecule has 0 spiro atoms. The van der Waals surface area contributed by atoms with E-state index in [4.69, 9.17) is 13.9 Å². The number of non-ortho nitro benzene ring substituents is 1. The standard InChI is InChI=1S/C34H32Br2N2O11/c1-19(2)34(42)48-16-12-8-6-4-3-5-7-11-15-47-32-25(38(45)46)18-23-26(20-13-9-10-14-21(20)33(40)41)22-17-24(37(43)44)29(39)27(35)30(22)49-31(23)28(32)36/h9-10,13-14,17-18H,1,3-8,11-12,15-16H2,2H3,(H,40,41). The number of unbranched alkanes of at least 4 members (excludes halogenated alkanes) is 7. The van der Waals surface area contributed by atoms with Crippen molar-refractivity contribution in [1.29, 1.82) is 0 Å². The molecule has 4 rings (SSSR count). The zero-order valence-electron chi connectivity index (χ0n) is 26.4. The number of nitro groups is 2. The van der Waals surface area contributed by atoms with Gasteiger partial charge in [0, 0.05) is 34.2 Å². The van der Waals surface area contributed by atoms with Gasteiger partial charge in [-0.15, -0.1) is 0 Å². The fraction of sp³-hybridized carbons (Fsp3) is 0.324. The van der Waals surface area contributed by atoms with E-state index in [0.29, 0.717) is 18.6 Å².